The summed E-state index contributed by atoms with van der Waals surface area (Å²) in [5.74, 6) is -4.41. The second kappa shape index (κ2) is 12.6. The van der Waals surface area contributed by atoms with Crippen molar-refractivity contribution in [1.82, 2.24) is 21.3 Å². The Kier molecular flexibility index (Phi) is 11.5. The topological polar surface area (TPSA) is 169 Å². The number of amides is 4. The molecule has 12 nitrogen and oxygen atoms in total. The number of esters is 2. The molecule has 0 aromatic carbocycles. The lowest BCUT2D eigenvalue weighted by molar-refractivity contribution is -0.165. The fraction of sp³-hybridized carbons (Fsp3) is 0.704. The lowest BCUT2D eigenvalue weighted by Crippen LogP contribution is -2.65. The lowest BCUT2D eigenvalue weighted by Gasteiger charge is -2.34. The molecule has 0 rings (SSSR count). The summed E-state index contributed by atoms with van der Waals surface area (Å²) in [5.41, 5.74) is -6.39. The van der Waals surface area contributed by atoms with Crippen LogP contribution >= 0.6 is 0 Å². The zero-order valence-corrected chi connectivity index (χ0v) is 25.5. The SMILES string of the molecule is COC(=O)C(C)(C)NC(=O)C(C)(C)NC(=O)C(C)(C)NC(=O)/C=C/C(=O)N[C@](C)(C(=O)OC(C)(C)C)C(C)C. The molecule has 0 aromatic heterocycles. The van der Waals surface area contributed by atoms with Crippen molar-refractivity contribution in [2.24, 2.45) is 5.92 Å². The number of hydrogen-bond donors (Lipinski definition) is 4. The van der Waals surface area contributed by atoms with E-state index in [1.165, 1.54) is 55.6 Å². The average Bonchev–Trinajstić information content (AvgIpc) is 2.74. The van der Waals surface area contributed by atoms with Crippen molar-refractivity contribution in [3.05, 3.63) is 12.2 Å². The first-order valence-corrected chi connectivity index (χ1v) is 12.6. The van der Waals surface area contributed by atoms with Gasteiger partial charge in [-0.3, -0.25) is 19.2 Å². The first-order valence-electron chi connectivity index (χ1n) is 12.6. The second-order valence-electron chi connectivity index (χ2n) is 12.4. The van der Waals surface area contributed by atoms with Crippen molar-refractivity contribution in [2.75, 3.05) is 7.11 Å². The van der Waals surface area contributed by atoms with Crippen LogP contribution in [0.5, 0.6) is 0 Å². The minimum atomic E-state index is -1.49. The van der Waals surface area contributed by atoms with Crippen molar-refractivity contribution >= 4 is 35.6 Å². The molecular weight excluding hydrogens is 508 g/mol. The Hall–Kier alpha value is -3.44. The fourth-order valence-electron chi connectivity index (χ4n) is 2.91. The second-order valence-corrected chi connectivity index (χ2v) is 12.4. The van der Waals surface area contributed by atoms with Gasteiger partial charge in [-0.15, -0.1) is 0 Å². The molecule has 12 heteroatoms. The maximum Gasteiger partial charge on any atom is 0.332 e. The summed E-state index contributed by atoms with van der Waals surface area (Å²) >= 11 is 0. The van der Waals surface area contributed by atoms with Gasteiger partial charge in [-0.25, -0.2) is 9.59 Å². The molecule has 0 saturated heterocycles. The van der Waals surface area contributed by atoms with Gasteiger partial charge < -0.3 is 30.7 Å². The molecule has 0 aromatic rings. The van der Waals surface area contributed by atoms with E-state index in [0.717, 1.165) is 12.2 Å². The molecule has 0 spiro atoms. The summed E-state index contributed by atoms with van der Waals surface area (Å²) in [6.45, 7) is 18.8. The van der Waals surface area contributed by atoms with Crippen molar-refractivity contribution < 1.29 is 38.2 Å². The first kappa shape index (κ1) is 35.6. The molecule has 0 heterocycles. The van der Waals surface area contributed by atoms with Gasteiger partial charge in [-0.05, 0) is 75.2 Å². The quantitative estimate of drug-likeness (QED) is 0.219. The molecule has 0 saturated carbocycles. The van der Waals surface area contributed by atoms with E-state index in [0.29, 0.717) is 0 Å². The highest BCUT2D eigenvalue weighted by molar-refractivity contribution is 6.02. The Morgan fingerprint density at radius 3 is 1.36 bits per heavy atom. The van der Waals surface area contributed by atoms with Crippen molar-refractivity contribution in [2.45, 2.75) is 111 Å². The number of hydrogen-bond acceptors (Lipinski definition) is 8. The van der Waals surface area contributed by atoms with E-state index >= 15 is 0 Å². The Balaban J connectivity index is 5.37. The summed E-state index contributed by atoms with van der Waals surface area (Å²) < 4.78 is 10.1. The van der Waals surface area contributed by atoms with Crippen LogP contribution in [0.2, 0.25) is 0 Å². The molecule has 0 radical (unpaired) electrons. The molecule has 4 amide bonds. The number of carbonyl (C=O) groups excluding carboxylic acids is 6. The van der Waals surface area contributed by atoms with E-state index in [9.17, 15) is 28.8 Å². The lowest BCUT2D eigenvalue weighted by atomic mass is 9.88. The van der Waals surface area contributed by atoms with Gasteiger partial charge in [0.1, 0.15) is 27.8 Å². The molecule has 0 aliphatic heterocycles. The Bertz CT molecular complexity index is 1010. The summed E-state index contributed by atoms with van der Waals surface area (Å²) in [4.78, 5) is 75.3. The third kappa shape index (κ3) is 10.7. The van der Waals surface area contributed by atoms with Gasteiger partial charge >= 0.3 is 11.9 Å². The predicted octanol–water partition coefficient (Wildman–Crippen LogP) is 1.27. The van der Waals surface area contributed by atoms with Crippen LogP contribution in [0.4, 0.5) is 0 Å². The van der Waals surface area contributed by atoms with Gasteiger partial charge in [0, 0.05) is 12.2 Å². The van der Waals surface area contributed by atoms with Crippen LogP contribution in [0, 0.1) is 5.92 Å². The van der Waals surface area contributed by atoms with Crippen molar-refractivity contribution in [3.8, 4) is 0 Å². The minimum Gasteiger partial charge on any atom is -0.467 e. The number of rotatable bonds is 11. The maximum atomic E-state index is 12.9. The normalized spacial score (nSPS) is 14.2. The van der Waals surface area contributed by atoms with Crippen LogP contribution in [0.1, 0.15) is 83.1 Å². The molecule has 39 heavy (non-hydrogen) atoms. The predicted molar refractivity (Wildman–Crippen MR) is 145 cm³/mol. The van der Waals surface area contributed by atoms with E-state index in [1.54, 1.807) is 34.6 Å². The summed E-state index contributed by atoms with van der Waals surface area (Å²) in [6, 6.07) is 0. The number of carbonyl (C=O) groups is 6. The molecule has 0 fully saturated rings. The third-order valence-electron chi connectivity index (χ3n) is 5.87. The number of ether oxygens (including phenoxy) is 2. The number of nitrogens with one attached hydrogen (secondary N) is 4. The van der Waals surface area contributed by atoms with E-state index in [1.807, 2.05) is 0 Å². The van der Waals surface area contributed by atoms with Gasteiger partial charge in [0.2, 0.25) is 23.6 Å². The van der Waals surface area contributed by atoms with Crippen LogP contribution < -0.4 is 21.3 Å². The van der Waals surface area contributed by atoms with Crippen molar-refractivity contribution in [3.63, 3.8) is 0 Å². The summed E-state index contributed by atoms with van der Waals surface area (Å²) in [7, 11) is 1.19. The summed E-state index contributed by atoms with van der Waals surface area (Å²) in [6.07, 6.45) is 1.87. The molecule has 0 unspecified atom stereocenters. The van der Waals surface area contributed by atoms with Crippen LogP contribution in [-0.4, -0.2) is 70.4 Å². The molecule has 0 aliphatic carbocycles. The smallest absolute Gasteiger partial charge is 0.332 e. The Morgan fingerprint density at radius 1 is 0.590 bits per heavy atom. The van der Waals surface area contributed by atoms with Crippen LogP contribution in [0.15, 0.2) is 12.2 Å². The minimum absolute atomic E-state index is 0.320. The third-order valence-corrected chi connectivity index (χ3v) is 5.87. The Morgan fingerprint density at radius 2 is 0.974 bits per heavy atom. The van der Waals surface area contributed by atoms with E-state index < -0.39 is 63.3 Å². The first-order chi connectivity index (χ1) is 17.3. The highest BCUT2D eigenvalue weighted by Crippen LogP contribution is 2.22. The molecule has 4 N–H and O–H groups in total. The van der Waals surface area contributed by atoms with Gasteiger partial charge in [0.05, 0.1) is 7.11 Å². The standard InChI is InChI=1S/C27H46N4O8/c1-16(2)27(12,22(37)39-23(3,4)5)29-18(33)15-14-17(32)28-24(6,7)19(34)30-25(8,9)20(35)31-26(10,11)21(36)38-13/h14-16H,1-13H3,(H,28,32)(H,29,33)(H,30,34)(H,31,35)/b15-14+/t27-/m0/s1. The molecular formula is C27H46N4O8. The number of methoxy groups -OCH3 is 1. The van der Waals surface area contributed by atoms with Gasteiger partial charge in [0.15, 0.2) is 0 Å². The van der Waals surface area contributed by atoms with E-state index in [-0.39, 0.29) is 5.92 Å². The van der Waals surface area contributed by atoms with Gasteiger partial charge in [0.25, 0.3) is 0 Å². The molecule has 0 bridgehead atoms. The zero-order chi connectivity index (χ0) is 31.2. The van der Waals surface area contributed by atoms with Gasteiger partial charge in [-0.2, -0.15) is 0 Å². The monoisotopic (exact) mass is 554 g/mol. The summed E-state index contributed by atoms with van der Waals surface area (Å²) in [5, 5.41) is 10.1. The van der Waals surface area contributed by atoms with E-state index in [2.05, 4.69) is 26.0 Å². The average molecular weight is 555 g/mol. The highest BCUT2D eigenvalue weighted by atomic mass is 16.6. The van der Waals surface area contributed by atoms with Crippen LogP contribution in [0.3, 0.4) is 0 Å². The zero-order valence-electron chi connectivity index (χ0n) is 25.5. The van der Waals surface area contributed by atoms with Crippen molar-refractivity contribution in [1.29, 1.82) is 0 Å². The van der Waals surface area contributed by atoms with Crippen LogP contribution in [0.25, 0.3) is 0 Å². The van der Waals surface area contributed by atoms with Crippen LogP contribution in [-0.2, 0) is 38.2 Å². The molecule has 1 atom stereocenters. The largest absolute Gasteiger partial charge is 0.467 e. The molecule has 222 valence electrons. The van der Waals surface area contributed by atoms with Gasteiger partial charge in [-0.1, -0.05) is 13.8 Å². The fourth-order valence-corrected chi connectivity index (χ4v) is 2.91. The Labute approximate surface area is 231 Å². The maximum absolute atomic E-state index is 12.9. The molecule has 0 aliphatic rings. The van der Waals surface area contributed by atoms with E-state index in [4.69, 9.17) is 4.74 Å². The highest BCUT2D eigenvalue weighted by Gasteiger charge is 2.42.